The van der Waals surface area contributed by atoms with Gasteiger partial charge in [0.15, 0.2) is 5.13 Å². The number of thiazole rings is 1. The fourth-order valence-electron chi connectivity index (χ4n) is 4.70. The van der Waals surface area contributed by atoms with Crippen molar-refractivity contribution in [3.63, 3.8) is 0 Å². The lowest BCUT2D eigenvalue weighted by atomic mass is 10.1. The number of piperidine rings is 1. The number of carbonyl (C=O) groups excluding carboxylic acids is 2. The summed E-state index contributed by atoms with van der Waals surface area (Å²) in [5, 5.41) is 4.49. The van der Waals surface area contributed by atoms with Crippen molar-refractivity contribution >= 4 is 67.5 Å². The molecule has 0 radical (unpaired) electrons. The number of aryl methyl sites for hydroxylation is 2. The Labute approximate surface area is 225 Å². The fourth-order valence-corrected chi connectivity index (χ4v) is 6.59. The monoisotopic (exact) mass is 596 g/mol. The summed E-state index contributed by atoms with van der Waals surface area (Å²) in [5.41, 5.74) is 3.54. The number of nitrogens with one attached hydrogen (secondary N) is 2. The number of benzene rings is 1. The van der Waals surface area contributed by atoms with Gasteiger partial charge in [0.05, 0.1) is 22.3 Å². The Morgan fingerprint density at radius 3 is 2.57 bits per heavy atom. The number of anilines is 1. The highest BCUT2D eigenvalue weighted by Gasteiger charge is 2.57. The van der Waals surface area contributed by atoms with Gasteiger partial charge in [-0.15, -0.1) is 0 Å². The number of amides is 1. The molecule has 3 heterocycles. The molecule has 0 bridgehead atoms. The van der Waals surface area contributed by atoms with Gasteiger partial charge in [0.2, 0.25) is 0 Å². The van der Waals surface area contributed by atoms with Gasteiger partial charge in [-0.2, -0.15) is 0 Å². The van der Waals surface area contributed by atoms with Crippen LogP contribution in [0.5, 0.6) is 0 Å². The lowest BCUT2D eigenvalue weighted by Crippen LogP contribution is -2.34. The summed E-state index contributed by atoms with van der Waals surface area (Å²) in [5.74, 6) is 0.0248. The number of carbonyl (C=O) groups is 2. The summed E-state index contributed by atoms with van der Waals surface area (Å²) in [6, 6.07) is 6.00. The van der Waals surface area contributed by atoms with Gasteiger partial charge in [-0.1, -0.05) is 56.5 Å². The molecule has 2 aliphatic rings. The van der Waals surface area contributed by atoms with Crippen LogP contribution in [-0.2, 0) is 4.74 Å². The van der Waals surface area contributed by atoms with Gasteiger partial charge in [0.1, 0.15) is 10.6 Å². The number of fused-ring (bicyclic) bond motifs is 1. The van der Waals surface area contributed by atoms with Gasteiger partial charge in [-0.25, -0.2) is 9.78 Å². The van der Waals surface area contributed by atoms with Crippen LogP contribution in [0.25, 0.3) is 11.3 Å². The average molecular weight is 598 g/mol. The number of hydrogen-bond donors (Lipinski definition) is 2. The second-order valence-electron chi connectivity index (χ2n) is 8.84. The predicted molar refractivity (Wildman–Crippen MR) is 142 cm³/mol. The molecular formula is C24H23BrCl2N4O3S. The molecular weight excluding hydrogens is 575 g/mol. The molecule has 1 saturated heterocycles. The number of H-pyrrole nitrogens is 1. The van der Waals surface area contributed by atoms with Gasteiger partial charge in [-0.3, -0.25) is 4.79 Å². The summed E-state index contributed by atoms with van der Waals surface area (Å²) >= 11 is 17.1. The number of aromatic nitrogens is 2. The Kier molecular flexibility index (Phi) is 6.63. The number of rotatable bonds is 6. The van der Waals surface area contributed by atoms with Crippen LogP contribution in [0.4, 0.5) is 5.13 Å². The third-order valence-electron chi connectivity index (χ3n) is 6.56. The molecule has 35 heavy (non-hydrogen) atoms. The standard InChI is InChI=1S/C24H23BrCl2N4O3S/c1-4-34-23(33)21-19(13-6-5-12(25)7-10(13)2)30-24(35-21)31-8-14-15(9-31)18(14)29-22(32)20-17(27)16(26)11(3)28-20/h5-7,14-15,18,28H,4,8-9H2,1-3H3,(H,29,32)/t14-,15+,18+. The molecule has 2 N–H and O–H groups in total. The van der Waals surface area contributed by atoms with Gasteiger partial charge >= 0.3 is 5.97 Å². The van der Waals surface area contributed by atoms with Crippen LogP contribution in [0, 0.1) is 25.7 Å². The molecule has 2 fully saturated rings. The van der Waals surface area contributed by atoms with Gasteiger partial charge in [0, 0.05) is 46.7 Å². The van der Waals surface area contributed by atoms with E-state index >= 15 is 0 Å². The van der Waals surface area contributed by atoms with E-state index in [0.717, 1.165) is 33.8 Å². The molecule has 1 aliphatic heterocycles. The van der Waals surface area contributed by atoms with Gasteiger partial charge in [0.25, 0.3) is 5.91 Å². The van der Waals surface area contributed by atoms with Crippen molar-refractivity contribution in [3.05, 3.63) is 54.5 Å². The maximum atomic E-state index is 12.7. The molecule has 184 valence electrons. The Morgan fingerprint density at radius 2 is 1.97 bits per heavy atom. The summed E-state index contributed by atoms with van der Waals surface area (Å²) in [7, 11) is 0. The summed E-state index contributed by atoms with van der Waals surface area (Å²) < 4.78 is 6.29. The topological polar surface area (TPSA) is 87.3 Å². The zero-order chi connectivity index (χ0) is 25.0. The van der Waals surface area contributed by atoms with E-state index in [4.69, 9.17) is 32.9 Å². The third kappa shape index (κ3) is 4.48. The number of halogens is 3. The quantitative estimate of drug-likeness (QED) is 0.347. The Bertz CT molecular complexity index is 1330. The molecule has 2 aromatic heterocycles. The zero-order valence-corrected chi connectivity index (χ0v) is 23.2. The number of nitrogens with zero attached hydrogens (tertiary/aromatic N) is 2. The summed E-state index contributed by atoms with van der Waals surface area (Å²) in [6.45, 7) is 7.37. The fraction of sp³-hybridized carbons (Fsp3) is 0.375. The lowest BCUT2D eigenvalue weighted by molar-refractivity contribution is 0.0532. The van der Waals surface area contributed by atoms with E-state index in [1.807, 2.05) is 25.1 Å². The number of esters is 1. The number of ether oxygens (including phenoxy) is 1. The predicted octanol–water partition coefficient (Wildman–Crippen LogP) is 5.87. The highest BCUT2D eigenvalue weighted by atomic mass is 79.9. The van der Waals surface area contributed by atoms with Crippen molar-refractivity contribution in [1.29, 1.82) is 0 Å². The van der Waals surface area contributed by atoms with E-state index in [-0.39, 0.29) is 22.9 Å². The van der Waals surface area contributed by atoms with E-state index in [9.17, 15) is 9.59 Å². The Morgan fingerprint density at radius 1 is 1.26 bits per heavy atom. The molecule has 3 aromatic rings. The molecule has 11 heteroatoms. The molecule has 0 unspecified atom stereocenters. The van der Waals surface area contributed by atoms with E-state index in [1.165, 1.54) is 11.3 Å². The van der Waals surface area contributed by atoms with Crippen LogP contribution in [-0.4, -0.2) is 47.6 Å². The van der Waals surface area contributed by atoms with Crippen molar-refractivity contribution in [2.75, 3.05) is 24.6 Å². The molecule has 7 nitrogen and oxygen atoms in total. The SMILES string of the molecule is CCOC(=O)c1sc(N2C[C@@H]3[C@H](C2)[C@H]3NC(=O)c2[nH]c(C)c(Cl)c2Cl)nc1-c1ccc(Br)cc1C. The van der Waals surface area contributed by atoms with Crippen molar-refractivity contribution < 1.29 is 14.3 Å². The maximum Gasteiger partial charge on any atom is 0.350 e. The van der Waals surface area contributed by atoms with Crippen LogP contribution < -0.4 is 10.2 Å². The van der Waals surface area contributed by atoms with E-state index in [0.29, 0.717) is 45.4 Å². The van der Waals surface area contributed by atoms with Crippen LogP contribution in [0.2, 0.25) is 10.0 Å². The second kappa shape index (κ2) is 9.42. The highest BCUT2D eigenvalue weighted by molar-refractivity contribution is 9.10. The first kappa shape index (κ1) is 24.6. The van der Waals surface area contributed by atoms with Crippen molar-refractivity contribution in [3.8, 4) is 11.3 Å². The molecule has 1 amide bonds. The molecule has 1 saturated carbocycles. The molecule has 3 atom stereocenters. The normalized spacial score (nSPS) is 20.6. The highest BCUT2D eigenvalue weighted by Crippen LogP contribution is 2.48. The Hall–Kier alpha value is -2.07. The van der Waals surface area contributed by atoms with Crippen molar-refractivity contribution in [1.82, 2.24) is 15.3 Å². The van der Waals surface area contributed by atoms with E-state index < -0.39 is 0 Å². The smallest absolute Gasteiger partial charge is 0.350 e. The average Bonchev–Trinajstić information content (AvgIpc) is 3.19. The zero-order valence-electron chi connectivity index (χ0n) is 19.2. The molecule has 1 aromatic carbocycles. The minimum absolute atomic E-state index is 0.0786. The first-order chi connectivity index (χ1) is 16.7. The van der Waals surface area contributed by atoms with E-state index in [2.05, 4.69) is 31.1 Å². The first-order valence-electron chi connectivity index (χ1n) is 11.2. The number of hydrogen-bond acceptors (Lipinski definition) is 6. The van der Waals surface area contributed by atoms with Crippen LogP contribution in [0.15, 0.2) is 22.7 Å². The lowest BCUT2D eigenvalue weighted by Gasteiger charge is -2.19. The van der Waals surface area contributed by atoms with Crippen molar-refractivity contribution in [2.24, 2.45) is 11.8 Å². The van der Waals surface area contributed by atoms with Crippen molar-refractivity contribution in [2.45, 2.75) is 26.8 Å². The molecule has 5 rings (SSSR count). The minimum Gasteiger partial charge on any atom is -0.462 e. The summed E-state index contributed by atoms with van der Waals surface area (Å²) in [6.07, 6.45) is 0. The second-order valence-corrected chi connectivity index (χ2v) is 11.5. The van der Waals surface area contributed by atoms with Gasteiger partial charge < -0.3 is 19.9 Å². The van der Waals surface area contributed by atoms with Crippen LogP contribution in [0.1, 0.15) is 38.3 Å². The van der Waals surface area contributed by atoms with Crippen LogP contribution >= 0.6 is 50.5 Å². The minimum atomic E-state index is -0.361. The van der Waals surface area contributed by atoms with E-state index in [1.54, 1.807) is 13.8 Å². The largest absolute Gasteiger partial charge is 0.462 e. The first-order valence-corrected chi connectivity index (χ1v) is 13.6. The molecule has 0 spiro atoms. The van der Waals surface area contributed by atoms with Gasteiger partial charge in [-0.05, 0) is 38.5 Å². The number of aromatic amines is 1. The van der Waals surface area contributed by atoms with Crippen LogP contribution in [0.3, 0.4) is 0 Å². The summed E-state index contributed by atoms with van der Waals surface area (Å²) in [4.78, 5) is 35.9. The maximum absolute atomic E-state index is 12.7. The molecule has 1 aliphatic carbocycles. The Balaban J connectivity index is 1.32. The third-order valence-corrected chi connectivity index (χ3v) is 9.10.